The normalized spacial score (nSPS) is 15.0. The predicted octanol–water partition coefficient (Wildman–Crippen LogP) is 3.06. The molecular weight excluding hydrogens is 332 g/mol. The number of carbonyl (C=O) groups is 3. The summed E-state index contributed by atoms with van der Waals surface area (Å²) in [5.41, 5.74) is 1.15. The smallest absolute Gasteiger partial charge is 0.338 e. The van der Waals surface area contributed by atoms with Gasteiger partial charge in [-0.25, -0.2) is 4.79 Å². The molecule has 26 heavy (non-hydrogen) atoms. The van der Waals surface area contributed by atoms with E-state index in [1.807, 2.05) is 6.92 Å². The van der Waals surface area contributed by atoms with E-state index < -0.39 is 5.97 Å². The van der Waals surface area contributed by atoms with E-state index in [2.05, 4.69) is 12.2 Å². The van der Waals surface area contributed by atoms with E-state index in [1.165, 1.54) is 0 Å². The van der Waals surface area contributed by atoms with Crippen molar-refractivity contribution in [1.29, 1.82) is 0 Å². The Kier molecular flexibility index (Phi) is 7.63. The van der Waals surface area contributed by atoms with Gasteiger partial charge in [-0.15, -0.1) is 0 Å². The molecule has 2 amide bonds. The van der Waals surface area contributed by atoms with E-state index in [4.69, 9.17) is 4.74 Å². The SMILES string of the molecule is CCCCC[C@H](C)NC(=O)COC(=O)c1ccc(N2CCCC2=O)cc1. The molecule has 1 N–H and O–H groups in total. The van der Waals surface area contributed by atoms with Gasteiger partial charge in [0.25, 0.3) is 5.91 Å². The summed E-state index contributed by atoms with van der Waals surface area (Å²) in [6.07, 6.45) is 5.70. The summed E-state index contributed by atoms with van der Waals surface area (Å²) in [6, 6.07) is 6.78. The monoisotopic (exact) mass is 360 g/mol. The molecule has 142 valence electrons. The largest absolute Gasteiger partial charge is 0.452 e. The molecule has 1 fully saturated rings. The van der Waals surface area contributed by atoms with Crippen molar-refractivity contribution in [2.45, 2.75) is 58.4 Å². The molecule has 0 unspecified atom stereocenters. The maximum atomic E-state index is 12.1. The van der Waals surface area contributed by atoms with Gasteiger partial charge in [0.15, 0.2) is 6.61 Å². The zero-order valence-corrected chi connectivity index (χ0v) is 15.6. The first-order chi connectivity index (χ1) is 12.5. The third-order valence-electron chi connectivity index (χ3n) is 4.47. The van der Waals surface area contributed by atoms with Crippen LogP contribution in [0.15, 0.2) is 24.3 Å². The van der Waals surface area contributed by atoms with E-state index in [0.717, 1.165) is 37.8 Å². The van der Waals surface area contributed by atoms with E-state index in [9.17, 15) is 14.4 Å². The molecule has 1 aromatic rings. The Morgan fingerprint density at radius 3 is 2.58 bits per heavy atom. The number of nitrogens with zero attached hydrogens (tertiary/aromatic N) is 1. The number of amides is 2. The minimum absolute atomic E-state index is 0.0741. The molecule has 6 heteroatoms. The minimum atomic E-state index is -0.543. The summed E-state index contributed by atoms with van der Waals surface area (Å²) in [5, 5.41) is 2.84. The molecule has 0 spiro atoms. The summed E-state index contributed by atoms with van der Waals surface area (Å²) in [7, 11) is 0. The fraction of sp³-hybridized carbons (Fsp3) is 0.550. The van der Waals surface area contributed by atoms with Crippen molar-refractivity contribution >= 4 is 23.5 Å². The summed E-state index contributed by atoms with van der Waals surface area (Å²) in [6.45, 7) is 4.51. The number of anilines is 1. The lowest BCUT2D eigenvalue weighted by atomic mass is 10.1. The molecule has 0 aliphatic carbocycles. The standard InChI is InChI=1S/C20H28N2O4/c1-3-4-5-7-15(2)21-18(23)14-26-20(25)16-9-11-17(12-10-16)22-13-6-8-19(22)24/h9-12,15H,3-8,13-14H2,1-2H3,(H,21,23)/t15-/m0/s1. The topological polar surface area (TPSA) is 75.7 Å². The van der Waals surface area contributed by atoms with Crippen molar-refractivity contribution in [3.63, 3.8) is 0 Å². The number of hydrogen-bond donors (Lipinski definition) is 1. The second kappa shape index (κ2) is 9.94. The van der Waals surface area contributed by atoms with Gasteiger partial charge in [-0.3, -0.25) is 9.59 Å². The zero-order valence-electron chi connectivity index (χ0n) is 15.6. The second-order valence-corrected chi connectivity index (χ2v) is 6.74. The van der Waals surface area contributed by atoms with Gasteiger partial charge in [-0.2, -0.15) is 0 Å². The molecule has 1 aliphatic rings. The highest BCUT2D eigenvalue weighted by Crippen LogP contribution is 2.21. The molecule has 0 aromatic heterocycles. The number of ether oxygens (including phenoxy) is 1. The van der Waals surface area contributed by atoms with Gasteiger partial charge in [0.2, 0.25) is 5.91 Å². The molecule has 0 bridgehead atoms. The molecule has 1 aromatic carbocycles. The van der Waals surface area contributed by atoms with Crippen LogP contribution in [0.1, 0.15) is 62.7 Å². The van der Waals surface area contributed by atoms with Crippen molar-refractivity contribution in [2.24, 2.45) is 0 Å². The molecular formula is C20H28N2O4. The van der Waals surface area contributed by atoms with Crippen LogP contribution in [0.5, 0.6) is 0 Å². The van der Waals surface area contributed by atoms with Crippen LogP contribution in [0.4, 0.5) is 5.69 Å². The average molecular weight is 360 g/mol. The van der Waals surface area contributed by atoms with E-state index in [0.29, 0.717) is 18.5 Å². The number of benzene rings is 1. The molecule has 2 rings (SSSR count). The molecule has 1 aliphatic heterocycles. The Morgan fingerprint density at radius 2 is 1.96 bits per heavy atom. The number of hydrogen-bond acceptors (Lipinski definition) is 4. The van der Waals surface area contributed by atoms with Crippen LogP contribution in [0.25, 0.3) is 0 Å². The van der Waals surface area contributed by atoms with Gasteiger partial charge in [0.05, 0.1) is 5.56 Å². The first-order valence-electron chi connectivity index (χ1n) is 9.38. The van der Waals surface area contributed by atoms with Gasteiger partial charge in [-0.05, 0) is 44.0 Å². The Morgan fingerprint density at radius 1 is 1.23 bits per heavy atom. The van der Waals surface area contributed by atoms with Crippen molar-refractivity contribution in [1.82, 2.24) is 5.32 Å². The Hall–Kier alpha value is -2.37. The van der Waals surface area contributed by atoms with Crippen LogP contribution in [0.3, 0.4) is 0 Å². The first-order valence-corrected chi connectivity index (χ1v) is 9.38. The van der Waals surface area contributed by atoms with Gasteiger partial charge in [-0.1, -0.05) is 26.2 Å². The van der Waals surface area contributed by atoms with Gasteiger partial charge in [0.1, 0.15) is 0 Å². The second-order valence-electron chi connectivity index (χ2n) is 6.74. The lowest BCUT2D eigenvalue weighted by Gasteiger charge is -2.16. The predicted molar refractivity (Wildman–Crippen MR) is 100 cm³/mol. The number of nitrogens with one attached hydrogen (secondary N) is 1. The molecule has 1 saturated heterocycles. The molecule has 1 heterocycles. The molecule has 6 nitrogen and oxygen atoms in total. The Bertz CT molecular complexity index is 627. The summed E-state index contributed by atoms with van der Waals surface area (Å²) >= 11 is 0. The van der Waals surface area contributed by atoms with Crippen LogP contribution in [-0.2, 0) is 14.3 Å². The summed E-state index contributed by atoms with van der Waals surface area (Å²) < 4.78 is 5.07. The first kappa shape index (κ1) is 19.9. The highest BCUT2D eigenvalue weighted by Gasteiger charge is 2.22. The maximum absolute atomic E-state index is 12.1. The number of rotatable bonds is 9. The third-order valence-corrected chi connectivity index (χ3v) is 4.47. The molecule has 1 atom stereocenters. The van der Waals surface area contributed by atoms with Crippen molar-refractivity contribution < 1.29 is 19.1 Å². The van der Waals surface area contributed by atoms with Crippen LogP contribution >= 0.6 is 0 Å². The summed E-state index contributed by atoms with van der Waals surface area (Å²) in [4.78, 5) is 37.4. The minimum Gasteiger partial charge on any atom is -0.452 e. The Balaban J connectivity index is 1.77. The average Bonchev–Trinajstić information content (AvgIpc) is 3.06. The lowest BCUT2D eigenvalue weighted by Crippen LogP contribution is -2.35. The highest BCUT2D eigenvalue weighted by atomic mass is 16.5. The fourth-order valence-corrected chi connectivity index (χ4v) is 3.00. The third kappa shape index (κ3) is 5.86. The van der Waals surface area contributed by atoms with E-state index in [1.54, 1.807) is 29.2 Å². The van der Waals surface area contributed by atoms with Crippen molar-refractivity contribution in [3.05, 3.63) is 29.8 Å². The van der Waals surface area contributed by atoms with Crippen LogP contribution < -0.4 is 10.2 Å². The van der Waals surface area contributed by atoms with E-state index >= 15 is 0 Å². The Labute approximate surface area is 154 Å². The van der Waals surface area contributed by atoms with E-state index in [-0.39, 0.29) is 24.5 Å². The number of carbonyl (C=O) groups excluding carboxylic acids is 3. The molecule has 0 saturated carbocycles. The molecule has 0 radical (unpaired) electrons. The number of unbranched alkanes of at least 4 members (excludes halogenated alkanes) is 2. The zero-order chi connectivity index (χ0) is 18.9. The van der Waals surface area contributed by atoms with Crippen molar-refractivity contribution in [3.8, 4) is 0 Å². The quantitative estimate of drug-likeness (QED) is 0.542. The number of esters is 1. The van der Waals surface area contributed by atoms with Gasteiger partial charge in [0, 0.05) is 24.7 Å². The lowest BCUT2D eigenvalue weighted by molar-refractivity contribution is -0.124. The van der Waals surface area contributed by atoms with Gasteiger partial charge < -0.3 is 15.0 Å². The van der Waals surface area contributed by atoms with Crippen LogP contribution in [-0.4, -0.2) is 37.0 Å². The summed E-state index contributed by atoms with van der Waals surface area (Å²) in [5.74, 6) is -0.732. The maximum Gasteiger partial charge on any atom is 0.338 e. The van der Waals surface area contributed by atoms with Crippen LogP contribution in [0, 0.1) is 0 Å². The highest BCUT2D eigenvalue weighted by molar-refractivity contribution is 5.96. The fourth-order valence-electron chi connectivity index (χ4n) is 3.00. The van der Waals surface area contributed by atoms with Crippen LogP contribution in [0.2, 0.25) is 0 Å². The van der Waals surface area contributed by atoms with Crippen molar-refractivity contribution in [2.75, 3.05) is 18.1 Å². The van der Waals surface area contributed by atoms with Gasteiger partial charge >= 0.3 is 5.97 Å².